The lowest BCUT2D eigenvalue weighted by molar-refractivity contribution is -0.164. The zero-order valence-corrected chi connectivity index (χ0v) is 7.20. The Morgan fingerprint density at radius 1 is 1.73 bits per heavy atom. The Kier molecular flexibility index (Phi) is 2.46. The molecule has 0 aromatic carbocycles. The van der Waals surface area contributed by atoms with Gasteiger partial charge in [-0.05, 0) is 14.1 Å². The van der Waals surface area contributed by atoms with Crippen molar-refractivity contribution < 1.29 is 9.63 Å². The number of carbonyl (C=O) groups is 1. The van der Waals surface area contributed by atoms with Crippen LogP contribution in [0.4, 0.5) is 0 Å². The summed E-state index contributed by atoms with van der Waals surface area (Å²) in [6.45, 7) is 0.802. The van der Waals surface area contributed by atoms with Crippen LogP contribution in [0.1, 0.15) is 6.42 Å². The van der Waals surface area contributed by atoms with E-state index in [-0.39, 0.29) is 12.0 Å². The van der Waals surface area contributed by atoms with Gasteiger partial charge in [-0.1, -0.05) is 0 Å². The minimum Gasteiger partial charge on any atom is -0.307 e. The van der Waals surface area contributed by atoms with Crippen LogP contribution in [0.5, 0.6) is 0 Å². The van der Waals surface area contributed by atoms with Crippen molar-refractivity contribution in [1.82, 2.24) is 9.96 Å². The largest absolute Gasteiger partial charge is 0.307 e. The molecule has 1 fully saturated rings. The Labute approximate surface area is 66.7 Å². The summed E-state index contributed by atoms with van der Waals surface area (Å²) in [6, 6.07) is 0. The van der Waals surface area contributed by atoms with Gasteiger partial charge in [0.2, 0.25) is 5.91 Å². The lowest BCUT2D eigenvalue weighted by Crippen LogP contribution is -2.26. The van der Waals surface area contributed by atoms with Crippen molar-refractivity contribution in [3.63, 3.8) is 0 Å². The van der Waals surface area contributed by atoms with Gasteiger partial charge in [-0.2, -0.15) is 0 Å². The van der Waals surface area contributed by atoms with Crippen LogP contribution in [0, 0.1) is 0 Å². The normalized spacial score (nSPS) is 25.3. The van der Waals surface area contributed by atoms with Crippen LogP contribution in [0.2, 0.25) is 0 Å². The molecule has 0 radical (unpaired) electrons. The second-order valence-electron chi connectivity index (χ2n) is 3.08. The van der Waals surface area contributed by atoms with Crippen LogP contribution in [0.3, 0.4) is 0 Å². The predicted octanol–water partition coefficient (Wildman–Crippen LogP) is -0.290. The van der Waals surface area contributed by atoms with Crippen molar-refractivity contribution in [2.45, 2.75) is 12.5 Å². The number of rotatable bonds is 2. The number of hydrogen-bond acceptors (Lipinski definition) is 3. The summed E-state index contributed by atoms with van der Waals surface area (Å²) in [4.78, 5) is 18.2. The molecule has 1 unspecified atom stereocenters. The molecule has 4 nitrogen and oxygen atoms in total. The van der Waals surface area contributed by atoms with Crippen LogP contribution >= 0.6 is 0 Å². The average Bonchev–Trinajstić information content (AvgIpc) is 2.10. The van der Waals surface area contributed by atoms with E-state index in [4.69, 9.17) is 4.84 Å². The Balaban J connectivity index is 2.35. The van der Waals surface area contributed by atoms with Crippen LogP contribution in [0.25, 0.3) is 0 Å². The Morgan fingerprint density at radius 2 is 2.36 bits per heavy atom. The van der Waals surface area contributed by atoms with Gasteiger partial charge in [0, 0.05) is 13.6 Å². The fourth-order valence-corrected chi connectivity index (χ4v) is 1.15. The van der Waals surface area contributed by atoms with E-state index in [9.17, 15) is 4.79 Å². The average molecular weight is 158 g/mol. The maximum absolute atomic E-state index is 10.9. The quantitative estimate of drug-likeness (QED) is 0.553. The van der Waals surface area contributed by atoms with Crippen molar-refractivity contribution in [3.8, 4) is 0 Å². The third-order valence-electron chi connectivity index (χ3n) is 1.63. The number of likely N-dealkylation sites (N-methyl/N-ethyl adjacent to an activating group) is 1. The van der Waals surface area contributed by atoms with Crippen molar-refractivity contribution in [1.29, 1.82) is 0 Å². The van der Waals surface area contributed by atoms with Crippen molar-refractivity contribution in [2.75, 3.05) is 27.7 Å². The highest BCUT2D eigenvalue weighted by Crippen LogP contribution is 2.12. The first-order chi connectivity index (χ1) is 5.09. The molecule has 0 spiro atoms. The van der Waals surface area contributed by atoms with Crippen LogP contribution in [-0.4, -0.2) is 49.7 Å². The molecule has 0 aromatic heterocycles. The fourth-order valence-electron chi connectivity index (χ4n) is 1.15. The summed E-state index contributed by atoms with van der Waals surface area (Å²) in [7, 11) is 5.58. The van der Waals surface area contributed by atoms with Crippen LogP contribution < -0.4 is 0 Å². The first-order valence-corrected chi connectivity index (χ1v) is 3.67. The van der Waals surface area contributed by atoms with Gasteiger partial charge >= 0.3 is 0 Å². The molecule has 64 valence electrons. The van der Waals surface area contributed by atoms with Crippen molar-refractivity contribution in [2.24, 2.45) is 0 Å². The zero-order chi connectivity index (χ0) is 8.43. The highest BCUT2D eigenvalue weighted by Gasteiger charge is 2.28. The Bertz CT molecular complexity index is 159. The number of hydrogen-bond donors (Lipinski definition) is 0. The highest BCUT2D eigenvalue weighted by molar-refractivity contribution is 5.76. The molecule has 1 rings (SSSR count). The molecule has 1 amide bonds. The second kappa shape index (κ2) is 3.19. The van der Waals surface area contributed by atoms with E-state index >= 15 is 0 Å². The van der Waals surface area contributed by atoms with E-state index in [0.717, 1.165) is 6.54 Å². The number of amides is 1. The van der Waals surface area contributed by atoms with E-state index in [1.807, 2.05) is 19.0 Å². The molecule has 1 saturated heterocycles. The van der Waals surface area contributed by atoms with E-state index in [0.29, 0.717) is 6.42 Å². The SMILES string of the molecule is CN(C)CC1CC(=O)N(C)O1. The monoisotopic (exact) mass is 158 g/mol. The second-order valence-corrected chi connectivity index (χ2v) is 3.08. The van der Waals surface area contributed by atoms with Gasteiger partial charge in [-0.15, -0.1) is 0 Å². The molecule has 0 saturated carbocycles. The molecular formula is C7H14N2O2. The van der Waals surface area contributed by atoms with E-state index in [1.165, 1.54) is 5.06 Å². The third-order valence-corrected chi connectivity index (χ3v) is 1.63. The molecule has 1 atom stereocenters. The molecule has 1 heterocycles. The Hall–Kier alpha value is -0.610. The van der Waals surface area contributed by atoms with Crippen LogP contribution in [-0.2, 0) is 9.63 Å². The van der Waals surface area contributed by atoms with E-state index in [1.54, 1.807) is 7.05 Å². The van der Waals surface area contributed by atoms with Crippen molar-refractivity contribution >= 4 is 5.91 Å². The fraction of sp³-hybridized carbons (Fsp3) is 0.857. The van der Waals surface area contributed by atoms with Gasteiger partial charge in [-0.3, -0.25) is 9.63 Å². The van der Waals surface area contributed by atoms with Gasteiger partial charge in [0.15, 0.2) is 0 Å². The molecule has 0 bridgehead atoms. The molecule has 11 heavy (non-hydrogen) atoms. The topological polar surface area (TPSA) is 32.8 Å². The summed E-state index contributed by atoms with van der Waals surface area (Å²) < 4.78 is 0. The van der Waals surface area contributed by atoms with Gasteiger partial charge in [0.25, 0.3) is 0 Å². The molecule has 4 heteroatoms. The highest BCUT2D eigenvalue weighted by atomic mass is 16.7. The summed E-state index contributed by atoms with van der Waals surface area (Å²) in [5.74, 6) is 0.0665. The molecular weight excluding hydrogens is 144 g/mol. The Morgan fingerprint density at radius 3 is 2.73 bits per heavy atom. The minimum atomic E-state index is 0.0440. The lowest BCUT2D eigenvalue weighted by atomic mass is 10.2. The van der Waals surface area contributed by atoms with Crippen molar-refractivity contribution in [3.05, 3.63) is 0 Å². The smallest absolute Gasteiger partial charge is 0.248 e. The first kappa shape index (κ1) is 8.49. The molecule has 1 aliphatic rings. The molecule has 0 aliphatic carbocycles. The number of hydroxylamine groups is 2. The van der Waals surface area contributed by atoms with Gasteiger partial charge < -0.3 is 4.90 Å². The summed E-state index contributed by atoms with van der Waals surface area (Å²) >= 11 is 0. The molecule has 0 N–H and O–H groups in total. The van der Waals surface area contributed by atoms with E-state index < -0.39 is 0 Å². The van der Waals surface area contributed by atoms with Gasteiger partial charge in [0.1, 0.15) is 6.10 Å². The minimum absolute atomic E-state index is 0.0440. The lowest BCUT2D eigenvalue weighted by Gasteiger charge is -2.14. The summed E-state index contributed by atoms with van der Waals surface area (Å²) in [5.41, 5.74) is 0. The predicted molar refractivity (Wildman–Crippen MR) is 40.8 cm³/mol. The standard InChI is InChI=1S/C7H14N2O2/c1-8(2)5-6-4-7(10)9(3)11-6/h6H,4-5H2,1-3H3. The maximum Gasteiger partial charge on any atom is 0.248 e. The van der Waals surface area contributed by atoms with E-state index in [2.05, 4.69) is 0 Å². The summed E-state index contributed by atoms with van der Waals surface area (Å²) in [6.07, 6.45) is 0.553. The molecule has 0 aromatic rings. The number of carbonyl (C=O) groups excluding carboxylic acids is 1. The van der Waals surface area contributed by atoms with Gasteiger partial charge in [0.05, 0.1) is 6.42 Å². The number of nitrogens with zero attached hydrogens (tertiary/aromatic N) is 2. The molecule has 1 aliphatic heterocycles. The maximum atomic E-state index is 10.9. The third kappa shape index (κ3) is 2.17. The van der Waals surface area contributed by atoms with Gasteiger partial charge in [-0.25, -0.2) is 5.06 Å². The first-order valence-electron chi connectivity index (χ1n) is 3.67. The summed E-state index contributed by atoms with van der Waals surface area (Å²) in [5, 5.41) is 1.31. The zero-order valence-electron chi connectivity index (χ0n) is 7.20. The van der Waals surface area contributed by atoms with Crippen LogP contribution in [0.15, 0.2) is 0 Å².